The first-order valence-electron chi connectivity index (χ1n) is 4.89. The van der Waals surface area contributed by atoms with Crippen molar-refractivity contribution >= 4 is 5.78 Å². The summed E-state index contributed by atoms with van der Waals surface area (Å²) in [5.74, 6) is -2.33. The van der Waals surface area contributed by atoms with Crippen LogP contribution in [0.25, 0.3) is 0 Å². The molecule has 0 aliphatic rings. The van der Waals surface area contributed by atoms with Crippen LogP contribution < -0.4 is 0 Å². The fraction of sp³-hybridized carbons (Fsp3) is 0.182. The maximum absolute atomic E-state index is 13.0. The second-order valence-electron chi connectivity index (χ2n) is 3.60. The van der Waals surface area contributed by atoms with Gasteiger partial charge in [-0.2, -0.15) is 5.10 Å². The molecule has 88 valence electrons. The van der Waals surface area contributed by atoms with Crippen molar-refractivity contribution in [2.24, 2.45) is 0 Å². The smallest absolute Gasteiger partial charge is 0.184 e. The van der Waals surface area contributed by atoms with Crippen LogP contribution in [0.2, 0.25) is 0 Å². The number of carbonyl (C=O) groups excluding carboxylic acids is 1. The number of hydrogen-bond acceptors (Lipinski definition) is 3. The highest BCUT2D eigenvalue weighted by Crippen LogP contribution is 2.15. The van der Waals surface area contributed by atoms with Crippen molar-refractivity contribution in [2.45, 2.75) is 13.5 Å². The van der Waals surface area contributed by atoms with Crippen molar-refractivity contribution in [1.29, 1.82) is 0 Å². The number of hydrogen-bond donors (Lipinski definition) is 0. The molecule has 1 heterocycles. The Morgan fingerprint density at radius 1 is 1.35 bits per heavy atom. The van der Waals surface area contributed by atoms with E-state index in [1.807, 2.05) is 0 Å². The molecule has 0 unspecified atom stereocenters. The summed E-state index contributed by atoms with van der Waals surface area (Å²) >= 11 is 0. The van der Waals surface area contributed by atoms with Gasteiger partial charge >= 0.3 is 0 Å². The van der Waals surface area contributed by atoms with Crippen LogP contribution in [0.5, 0.6) is 0 Å². The summed E-state index contributed by atoms with van der Waals surface area (Å²) in [4.78, 5) is 15.5. The highest BCUT2D eigenvalue weighted by atomic mass is 19.2. The zero-order chi connectivity index (χ0) is 12.4. The summed E-state index contributed by atoms with van der Waals surface area (Å²) in [5, 5.41) is 3.77. The largest absolute Gasteiger partial charge is 0.292 e. The van der Waals surface area contributed by atoms with Gasteiger partial charge < -0.3 is 0 Å². The van der Waals surface area contributed by atoms with E-state index < -0.39 is 11.6 Å². The molecule has 0 saturated heterocycles. The minimum Gasteiger partial charge on any atom is -0.292 e. The van der Waals surface area contributed by atoms with Gasteiger partial charge in [0.25, 0.3) is 0 Å². The molecule has 0 amide bonds. The molecule has 6 heteroatoms. The Morgan fingerprint density at radius 3 is 2.71 bits per heavy atom. The summed E-state index contributed by atoms with van der Waals surface area (Å²) < 4.78 is 27.2. The van der Waals surface area contributed by atoms with E-state index in [0.29, 0.717) is 5.56 Å². The molecular weight excluding hydrogens is 228 g/mol. The summed E-state index contributed by atoms with van der Waals surface area (Å²) in [6.07, 6.45) is 2.68. The molecule has 0 fully saturated rings. The van der Waals surface area contributed by atoms with Crippen molar-refractivity contribution < 1.29 is 13.6 Å². The molecule has 0 atom stereocenters. The molecule has 2 rings (SSSR count). The van der Waals surface area contributed by atoms with Crippen LogP contribution in [0.3, 0.4) is 0 Å². The third kappa shape index (κ3) is 2.35. The fourth-order valence-electron chi connectivity index (χ4n) is 1.49. The van der Waals surface area contributed by atoms with Crippen LogP contribution in [0, 0.1) is 18.6 Å². The number of ketones is 1. The standard InChI is InChI=1S/C11H9F2N3O/c1-7-2-9(12)10(13)3-8(7)11(17)4-16-6-14-5-15-16/h2-3,5-6H,4H2,1H3. The second-order valence-corrected chi connectivity index (χ2v) is 3.60. The third-order valence-corrected chi connectivity index (χ3v) is 2.34. The van der Waals surface area contributed by atoms with E-state index in [1.54, 1.807) is 6.92 Å². The molecule has 0 spiro atoms. The lowest BCUT2D eigenvalue weighted by atomic mass is 10.0. The SMILES string of the molecule is Cc1cc(F)c(F)cc1C(=O)Cn1cncn1. The monoisotopic (exact) mass is 237 g/mol. The molecule has 0 bridgehead atoms. The molecule has 2 aromatic rings. The van der Waals surface area contributed by atoms with Crippen LogP contribution >= 0.6 is 0 Å². The van der Waals surface area contributed by atoms with E-state index in [1.165, 1.54) is 17.3 Å². The van der Waals surface area contributed by atoms with Gasteiger partial charge in [-0.1, -0.05) is 0 Å². The number of Topliss-reactive ketones (excluding diaryl/α,β-unsaturated/α-hetero) is 1. The lowest BCUT2D eigenvalue weighted by Gasteiger charge is -2.05. The molecule has 4 nitrogen and oxygen atoms in total. The van der Waals surface area contributed by atoms with Crippen molar-refractivity contribution in [1.82, 2.24) is 14.8 Å². The second kappa shape index (κ2) is 4.40. The van der Waals surface area contributed by atoms with Crippen LogP contribution in [0.15, 0.2) is 24.8 Å². The summed E-state index contributed by atoms with van der Waals surface area (Å²) in [5.41, 5.74) is 0.549. The number of benzene rings is 1. The Bertz CT molecular complexity index is 552. The van der Waals surface area contributed by atoms with Gasteiger partial charge in [0.1, 0.15) is 19.2 Å². The first-order chi connectivity index (χ1) is 8.08. The number of nitrogens with zero attached hydrogens (tertiary/aromatic N) is 3. The molecule has 17 heavy (non-hydrogen) atoms. The zero-order valence-corrected chi connectivity index (χ0v) is 9.02. The summed E-state index contributed by atoms with van der Waals surface area (Å²) in [6.45, 7) is 1.50. The van der Waals surface area contributed by atoms with Crippen molar-refractivity contribution in [2.75, 3.05) is 0 Å². The molecule has 1 aromatic carbocycles. The Labute approximate surface area is 95.9 Å². The van der Waals surface area contributed by atoms with Gasteiger partial charge in [-0.25, -0.2) is 18.4 Å². The lowest BCUT2D eigenvalue weighted by molar-refractivity contribution is 0.0966. The van der Waals surface area contributed by atoms with Gasteiger partial charge in [0, 0.05) is 5.56 Å². The van der Waals surface area contributed by atoms with E-state index in [2.05, 4.69) is 10.1 Å². The minimum atomic E-state index is -1.03. The van der Waals surface area contributed by atoms with Crippen molar-refractivity contribution in [3.63, 3.8) is 0 Å². The molecule has 0 aliphatic carbocycles. The van der Waals surface area contributed by atoms with E-state index in [4.69, 9.17) is 0 Å². The molecule has 0 N–H and O–H groups in total. The minimum absolute atomic E-state index is 0.0497. The molecule has 0 aliphatic heterocycles. The van der Waals surface area contributed by atoms with Crippen LogP contribution in [0.4, 0.5) is 8.78 Å². The number of rotatable bonds is 3. The molecular formula is C11H9F2N3O. The average molecular weight is 237 g/mol. The first kappa shape index (κ1) is 11.4. The highest BCUT2D eigenvalue weighted by Gasteiger charge is 2.14. The van der Waals surface area contributed by atoms with Gasteiger partial charge in [0.2, 0.25) is 0 Å². The Kier molecular flexibility index (Phi) is 2.95. The molecule has 0 radical (unpaired) electrons. The topological polar surface area (TPSA) is 47.8 Å². The normalized spacial score (nSPS) is 10.5. The molecule has 0 saturated carbocycles. The van der Waals surface area contributed by atoms with Gasteiger partial charge in [-0.15, -0.1) is 0 Å². The third-order valence-electron chi connectivity index (χ3n) is 2.34. The maximum Gasteiger partial charge on any atom is 0.184 e. The van der Waals surface area contributed by atoms with E-state index >= 15 is 0 Å². The van der Waals surface area contributed by atoms with Crippen molar-refractivity contribution in [3.05, 3.63) is 47.5 Å². The van der Waals surface area contributed by atoms with Crippen molar-refractivity contribution in [3.8, 4) is 0 Å². The molecule has 1 aromatic heterocycles. The van der Waals surface area contributed by atoms with Crippen LogP contribution in [-0.4, -0.2) is 20.5 Å². The lowest BCUT2D eigenvalue weighted by Crippen LogP contribution is -2.12. The van der Waals surface area contributed by atoms with E-state index in [-0.39, 0.29) is 17.9 Å². The van der Waals surface area contributed by atoms with Gasteiger partial charge in [0.05, 0.1) is 0 Å². The first-order valence-corrected chi connectivity index (χ1v) is 4.89. The summed E-state index contributed by atoms with van der Waals surface area (Å²) in [6, 6.07) is 1.91. The number of halogens is 2. The predicted molar refractivity (Wildman–Crippen MR) is 55.4 cm³/mol. The van der Waals surface area contributed by atoms with Crippen LogP contribution in [-0.2, 0) is 6.54 Å². The van der Waals surface area contributed by atoms with E-state index in [9.17, 15) is 13.6 Å². The quantitative estimate of drug-likeness (QED) is 0.764. The van der Waals surface area contributed by atoms with E-state index in [0.717, 1.165) is 12.1 Å². The number of aromatic nitrogens is 3. The number of aryl methyl sites for hydroxylation is 1. The Morgan fingerprint density at radius 2 is 2.06 bits per heavy atom. The number of carbonyl (C=O) groups is 1. The highest BCUT2D eigenvalue weighted by molar-refractivity contribution is 5.97. The fourth-order valence-corrected chi connectivity index (χ4v) is 1.49. The average Bonchev–Trinajstić information content (AvgIpc) is 2.76. The summed E-state index contributed by atoms with van der Waals surface area (Å²) in [7, 11) is 0. The van der Waals surface area contributed by atoms with Gasteiger partial charge in [0.15, 0.2) is 17.4 Å². The Balaban J connectivity index is 2.28. The Hall–Kier alpha value is -2.11. The van der Waals surface area contributed by atoms with Gasteiger partial charge in [-0.3, -0.25) is 4.79 Å². The maximum atomic E-state index is 13.0. The zero-order valence-electron chi connectivity index (χ0n) is 9.02. The predicted octanol–water partition coefficient (Wildman–Crippen LogP) is 1.75. The van der Waals surface area contributed by atoms with Gasteiger partial charge in [-0.05, 0) is 24.6 Å². The van der Waals surface area contributed by atoms with Crippen LogP contribution in [0.1, 0.15) is 15.9 Å².